The standard InChI is InChI=1S/C14H15NO3/c1-15(18-3)14(16)13-9-11(17-2)8-10-6-4-5-7-12(10)13/h4-9H,1-3H3. The zero-order chi connectivity index (χ0) is 13.1. The Kier molecular flexibility index (Phi) is 3.48. The van der Waals surface area contributed by atoms with Gasteiger partial charge in [0.1, 0.15) is 5.75 Å². The van der Waals surface area contributed by atoms with Crippen molar-refractivity contribution in [2.75, 3.05) is 21.3 Å². The second-order valence-electron chi connectivity index (χ2n) is 3.88. The Morgan fingerprint density at radius 2 is 1.89 bits per heavy atom. The molecule has 0 heterocycles. The van der Waals surface area contributed by atoms with E-state index in [1.54, 1.807) is 20.2 Å². The third kappa shape index (κ3) is 2.15. The van der Waals surface area contributed by atoms with Gasteiger partial charge in [-0.15, -0.1) is 0 Å². The van der Waals surface area contributed by atoms with Gasteiger partial charge in [-0.1, -0.05) is 24.3 Å². The summed E-state index contributed by atoms with van der Waals surface area (Å²) in [6, 6.07) is 11.3. The summed E-state index contributed by atoms with van der Waals surface area (Å²) in [5.41, 5.74) is 0.564. The molecule has 0 spiro atoms. The lowest BCUT2D eigenvalue weighted by molar-refractivity contribution is -0.0755. The summed E-state index contributed by atoms with van der Waals surface area (Å²) < 4.78 is 5.21. The lowest BCUT2D eigenvalue weighted by Crippen LogP contribution is -2.25. The van der Waals surface area contributed by atoms with Crippen molar-refractivity contribution in [3.8, 4) is 5.75 Å². The van der Waals surface area contributed by atoms with Gasteiger partial charge in [-0.3, -0.25) is 9.63 Å². The van der Waals surface area contributed by atoms with E-state index in [4.69, 9.17) is 9.57 Å². The molecule has 94 valence electrons. The zero-order valence-electron chi connectivity index (χ0n) is 10.6. The Morgan fingerprint density at radius 1 is 1.17 bits per heavy atom. The topological polar surface area (TPSA) is 38.8 Å². The predicted octanol–water partition coefficient (Wildman–Crippen LogP) is 2.48. The maximum atomic E-state index is 12.2. The first-order valence-electron chi connectivity index (χ1n) is 5.56. The molecule has 0 aliphatic carbocycles. The fraction of sp³-hybridized carbons (Fsp3) is 0.214. The minimum Gasteiger partial charge on any atom is -0.497 e. The van der Waals surface area contributed by atoms with E-state index in [2.05, 4.69) is 0 Å². The first kappa shape index (κ1) is 12.4. The number of nitrogens with zero attached hydrogens (tertiary/aromatic N) is 1. The Labute approximate surface area is 106 Å². The molecule has 2 aromatic carbocycles. The van der Waals surface area contributed by atoms with Gasteiger partial charge in [-0.05, 0) is 22.9 Å². The van der Waals surface area contributed by atoms with Crippen molar-refractivity contribution in [3.05, 3.63) is 42.0 Å². The summed E-state index contributed by atoms with van der Waals surface area (Å²) in [5.74, 6) is 0.453. The van der Waals surface area contributed by atoms with Crippen molar-refractivity contribution < 1.29 is 14.4 Å². The minimum atomic E-state index is -0.201. The maximum absolute atomic E-state index is 12.2. The normalized spacial score (nSPS) is 10.4. The van der Waals surface area contributed by atoms with Gasteiger partial charge in [0.2, 0.25) is 0 Å². The van der Waals surface area contributed by atoms with Gasteiger partial charge in [0, 0.05) is 7.05 Å². The van der Waals surface area contributed by atoms with Crippen molar-refractivity contribution in [2.45, 2.75) is 0 Å². The number of fused-ring (bicyclic) bond motifs is 1. The van der Waals surface area contributed by atoms with E-state index in [-0.39, 0.29) is 5.91 Å². The SMILES string of the molecule is COc1cc(C(=O)N(C)OC)c2ccccc2c1. The molecule has 0 unspecified atom stereocenters. The number of carbonyl (C=O) groups excluding carboxylic acids is 1. The molecule has 4 nitrogen and oxygen atoms in total. The molecule has 1 amide bonds. The minimum absolute atomic E-state index is 0.201. The molecule has 0 aliphatic rings. The molecule has 2 aromatic rings. The van der Waals surface area contributed by atoms with Crippen LogP contribution in [-0.2, 0) is 4.84 Å². The molecule has 0 N–H and O–H groups in total. The van der Waals surface area contributed by atoms with Crippen molar-refractivity contribution in [2.24, 2.45) is 0 Å². The second kappa shape index (κ2) is 5.06. The number of rotatable bonds is 3. The monoisotopic (exact) mass is 245 g/mol. The molecule has 0 fully saturated rings. The van der Waals surface area contributed by atoms with E-state index in [0.717, 1.165) is 10.8 Å². The smallest absolute Gasteiger partial charge is 0.277 e. The number of hydrogen-bond donors (Lipinski definition) is 0. The molecule has 0 atom stereocenters. The Hall–Kier alpha value is -2.07. The quantitative estimate of drug-likeness (QED) is 0.780. The van der Waals surface area contributed by atoms with Gasteiger partial charge in [-0.2, -0.15) is 0 Å². The van der Waals surface area contributed by atoms with Gasteiger partial charge < -0.3 is 4.74 Å². The van der Waals surface area contributed by atoms with E-state index in [1.807, 2.05) is 30.3 Å². The highest BCUT2D eigenvalue weighted by Crippen LogP contribution is 2.26. The van der Waals surface area contributed by atoms with Crippen LogP contribution in [0, 0.1) is 0 Å². The van der Waals surface area contributed by atoms with Crippen molar-refractivity contribution in [1.29, 1.82) is 0 Å². The third-order valence-corrected chi connectivity index (χ3v) is 2.86. The Bertz CT molecular complexity index is 580. The predicted molar refractivity (Wildman–Crippen MR) is 69.6 cm³/mol. The van der Waals surface area contributed by atoms with Crippen LogP contribution in [0.25, 0.3) is 10.8 Å². The van der Waals surface area contributed by atoms with Crippen LogP contribution in [0.1, 0.15) is 10.4 Å². The van der Waals surface area contributed by atoms with E-state index < -0.39 is 0 Å². The highest BCUT2D eigenvalue weighted by Gasteiger charge is 2.16. The van der Waals surface area contributed by atoms with Gasteiger partial charge in [0.15, 0.2) is 0 Å². The number of amides is 1. The van der Waals surface area contributed by atoms with Crippen LogP contribution in [0.5, 0.6) is 5.75 Å². The number of carbonyl (C=O) groups is 1. The molecule has 0 bridgehead atoms. The number of benzene rings is 2. The number of methoxy groups -OCH3 is 1. The largest absolute Gasteiger partial charge is 0.497 e. The lowest BCUT2D eigenvalue weighted by atomic mass is 10.0. The molecular formula is C14H15NO3. The maximum Gasteiger partial charge on any atom is 0.277 e. The summed E-state index contributed by atoms with van der Waals surface area (Å²) in [5, 5.41) is 3.04. The first-order valence-corrected chi connectivity index (χ1v) is 5.56. The van der Waals surface area contributed by atoms with Crippen LogP contribution in [0.3, 0.4) is 0 Å². The number of hydrogen-bond acceptors (Lipinski definition) is 3. The molecule has 0 saturated heterocycles. The van der Waals surface area contributed by atoms with Gasteiger partial charge in [0.25, 0.3) is 5.91 Å². The Morgan fingerprint density at radius 3 is 2.56 bits per heavy atom. The highest BCUT2D eigenvalue weighted by atomic mass is 16.7. The average Bonchev–Trinajstić information content (AvgIpc) is 2.44. The summed E-state index contributed by atoms with van der Waals surface area (Å²) in [6.45, 7) is 0. The highest BCUT2D eigenvalue weighted by molar-refractivity contribution is 6.07. The molecule has 0 aliphatic heterocycles. The number of hydroxylamine groups is 2. The summed E-state index contributed by atoms with van der Waals surface area (Å²) in [6.07, 6.45) is 0. The van der Waals surface area contributed by atoms with E-state index in [1.165, 1.54) is 12.2 Å². The van der Waals surface area contributed by atoms with Gasteiger partial charge >= 0.3 is 0 Å². The molecule has 0 saturated carbocycles. The molecule has 0 radical (unpaired) electrons. The van der Waals surface area contributed by atoms with E-state index in [0.29, 0.717) is 11.3 Å². The molecule has 0 aromatic heterocycles. The fourth-order valence-electron chi connectivity index (χ4n) is 1.83. The van der Waals surface area contributed by atoms with Crippen LogP contribution in [0.15, 0.2) is 36.4 Å². The summed E-state index contributed by atoms with van der Waals surface area (Å²) in [4.78, 5) is 17.1. The Balaban J connectivity index is 2.64. The first-order chi connectivity index (χ1) is 8.67. The number of ether oxygens (including phenoxy) is 1. The van der Waals surface area contributed by atoms with Crippen LogP contribution < -0.4 is 4.74 Å². The fourth-order valence-corrected chi connectivity index (χ4v) is 1.83. The summed E-state index contributed by atoms with van der Waals surface area (Å²) >= 11 is 0. The second-order valence-corrected chi connectivity index (χ2v) is 3.88. The van der Waals surface area contributed by atoms with Crippen LogP contribution >= 0.6 is 0 Å². The van der Waals surface area contributed by atoms with Crippen molar-refractivity contribution in [1.82, 2.24) is 5.06 Å². The van der Waals surface area contributed by atoms with Gasteiger partial charge in [0.05, 0.1) is 19.8 Å². The van der Waals surface area contributed by atoms with Crippen molar-refractivity contribution in [3.63, 3.8) is 0 Å². The van der Waals surface area contributed by atoms with E-state index in [9.17, 15) is 4.79 Å². The third-order valence-electron chi connectivity index (χ3n) is 2.86. The molecule has 2 rings (SSSR count). The molecule has 18 heavy (non-hydrogen) atoms. The lowest BCUT2D eigenvalue weighted by Gasteiger charge is -2.16. The van der Waals surface area contributed by atoms with Gasteiger partial charge in [-0.25, -0.2) is 5.06 Å². The molecule has 4 heteroatoms. The average molecular weight is 245 g/mol. The molecular weight excluding hydrogens is 230 g/mol. The summed E-state index contributed by atoms with van der Waals surface area (Å²) in [7, 11) is 4.62. The van der Waals surface area contributed by atoms with Crippen molar-refractivity contribution >= 4 is 16.7 Å². The van der Waals surface area contributed by atoms with Crippen LogP contribution in [0.2, 0.25) is 0 Å². The van der Waals surface area contributed by atoms with E-state index >= 15 is 0 Å². The zero-order valence-corrected chi connectivity index (χ0v) is 10.6. The van der Waals surface area contributed by atoms with Crippen LogP contribution in [0.4, 0.5) is 0 Å². The van der Waals surface area contributed by atoms with Crippen LogP contribution in [-0.4, -0.2) is 32.2 Å².